The van der Waals surface area contributed by atoms with E-state index in [2.05, 4.69) is 12.0 Å². The van der Waals surface area contributed by atoms with Crippen LogP contribution in [0.15, 0.2) is 24.3 Å². The molecule has 2 aromatic rings. The van der Waals surface area contributed by atoms with Crippen molar-refractivity contribution in [1.82, 2.24) is 9.78 Å². The van der Waals surface area contributed by atoms with E-state index >= 15 is 0 Å². The van der Waals surface area contributed by atoms with Gasteiger partial charge in [-0.2, -0.15) is 5.10 Å². The van der Waals surface area contributed by atoms with Gasteiger partial charge in [0.25, 0.3) is 0 Å². The highest BCUT2D eigenvalue weighted by atomic mass is 35.5. The summed E-state index contributed by atoms with van der Waals surface area (Å²) in [6, 6.07) is 7.70. The Morgan fingerprint density at radius 3 is 2.65 bits per heavy atom. The van der Waals surface area contributed by atoms with Gasteiger partial charge in [-0.05, 0) is 25.5 Å². The normalized spacial score (nSPS) is 10.6. The highest BCUT2D eigenvalue weighted by molar-refractivity contribution is 6.30. The van der Waals surface area contributed by atoms with Gasteiger partial charge in [0.05, 0.1) is 12.8 Å². The zero-order chi connectivity index (χ0) is 12.4. The van der Waals surface area contributed by atoms with E-state index in [0.717, 1.165) is 29.1 Å². The average molecular weight is 251 g/mol. The minimum absolute atomic E-state index is 0.662. The zero-order valence-electron chi connectivity index (χ0n) is 10.2. The Balaban J connectivity index is 2.61. The maximum absolute atomic E-state index is 6.34. The van der Waals surface area contributed by atoms with E-state index in [-0.39, 0.29) is 0 Å². The number of para-hydroxylation sites is 2. The summed E-state index contributed by atoms with van der Waals surface area (Å²) in [4.78, 5) is 0. The minimum Gasteiger partial charge on any atom is -0.494 e. The number of nitrogens with zero attached hydrogens (tertiary/aromatic N) is 2. The summed E-state index contributed by atoms with van der Waals surface area (Å²) in [7, 11) is 1.64. The second-order valence-corrected chi connectivity index (χ2v) is 4.15. The van der Waals surface area contributed by atoms with E-state index in [1.54, 1.807) is 11.8 Å². The molecule has 0 aliphatic heterocycles. The Bertz CT molecular complexity index is 534. The molecule has 0 aliphatic rings. The highest BCUT2D eigenvalue weighted by Crippen LogP contribution is 2.28. The number of rotatable bonds is 3. The molecular weight excluding hydrogens is 236 g/mol. The van der Waals surface area contributed by atoms with Crippen LogP contribution in [0.1, 0.15) is 18.2 Å². The van der Waals surface area contributed by atoms with E-state index in [1.807, 2.05) is 31.2 Å². The highest BCUT2D eigenvalue weighted by Gasteiger charge is 2.15. The first-order chi connectivity index (χ1) is 8.19. The summed E-state index contributed by atoms with van der Waals surface area (Å²) in [5.41, 5.74) is 2.91. The van der Waals surface area contributed by atoms with Crippen molar-refractivity contribution in [3.8, 4) is 11.4 Å². The van der Waals surface area contributed by atoms with E-state index in [9.17, 15) is 0 Å². The molecule has 2 rings (SSSR count). The third kappa shape index (κ3) is 2.03. The Morgan fingerprint density at radius 1 is 1.35 bits per heavy atom. The molecule has 0 bridgehead atoms. The molecule has 4 heteroatoms. The summed E-state index contributed by atoms with van der Waals surface area (Å²) in [5.74, 6) is 0.763. The van der Waals surface area contributed by atoms with Crippen LogP contribution < -0.4 is 4.74 Å². The quantitative estimate of drug-likeness (QED) is 0.835. The molecule has 17 heavy (non-hydrogen) atoms. The predicted octanol–water partition coefficient (Wildman–Crippen LogP) is 3.41. The maximum atomic E-state index is 6.34. The molecule has 3 nitrogen and oxygen atoms in total. The van der Waals surface area contributed by atoms with Crippen molar-refractivity contribution in [3.63, 3.8) is 0 Å². The third-order valence-corrected chi connectivity index (χ3v) is 3.18. The lowest BCUT2D eigenvalue weighted by atomic mass is 10.2. The zero-order valence-corrected chi connectivity index (χ0v) is 11.0. The number of ether oxygens (including phenoxy) is 1. The molecule has 0 N–H and O–H groups in total. The SMILES string of the molecule is CCc1c(C)nn(-c2ccccc2OC)c1Cl. The summed E-state index contributed by atoms with van der Waals surface area (Å²) in [5, 5.41) is 5.13. The van der Waals surface area contributed by atoms with Gasteiger partial charge in [0.15, 0.2) is 0 Å². The lowest BCUT2D eigenvalue weighted by molar-refractivity contribution is 0.411. The number of benzene rings is 1. The van der Waals surface area contributed by atoms with Gasteiger partial charge in [0.2, 0.25) is 0 Å². The third-order valence-electron chi connectivity index (χ3n) is 2.79. The van der Waals surface area contributed by atoms with Gasteiger partial charge in [-0.3, -0.25) is 0 Å². The number of hydrogen-bond acceptors (Lipinski definition) is 2. The molecule has 0 radical (unpaired) electrons. The van der Waals surface area contributed by atoms with Crippen LogP contribution in [-0.2, 0) is 6.42 Å². The van der Waals surface area contributed by atoms with Gasteiger partial charge >= 0.3 is 0 Å². The molecule has 0 saturated carbocycles. The smallest absolute Gasteiger partial charge is 0.144 e. The van der Waals surface area contributed by atoms with Gasteiger partial charge in [0, 0.05) is 5.56 Å². The van der Waals surface area contributed by atoms with Crippen LogP contribution in [0.2, 0.25) is 5.15 Å². The Kier molecular flexibility index (Phi) is 3.38. The standard InChI is InChI=1S/C13H15ClN2O/c1-4-10-9(2)15-16(13(10)14)11-7-5-6-8-12(11)17-3/h5-8H,4H2,1-3H3. The number of methoxy groups -OCH3 is 1. The second kappa shape index (κ2) is 4.80. The molecule has 0 saturated heterocycles. The fraction of sp³-hybridized carbons (Fsp3) is 0.308. The molecule has 90 valence electrons. The molecular formula is C13H15ClN2O. The Morgan fingerprint density at radius 2 is 2.06 bits per heavy atom. The Hall–Kier alpha value is -1.48. The van der Waals surface area contributed by atoms with Crippen LogP contribution >= 0.6 is 11.6 Å². The first-order valence-corrected chi connectivity index (χ1v) is 5.94. The molecule has 0 fully saturated rings. The van der Waals surface area contributed by atoms with Crippen LogP contribution in [0.4, 0.5) is 0 Å². The predicted molar refractivity (Wildman–Crippen MR) is 69.2 cm³/mol. The van der Waals surface area contributed by atoms with Crippen LogP contribution in [0.5, 0.6) is 5.75 Å². The van der Waals surface area contributed by atoms with Crippen molar-refractivity contribution in [3.05, 3.63) is 40.7 Å². The first kappa shape index (κ1) is 12.0. The fourth-order valence-electron chi connectivity index (χ4n) is 1.90. The molecule has 0 amide bonds. The summed E-state index contributed by atoms with van der Waals surface area (Å²) < 4.78 is 7.05. The molecule has 1 heterocycles. The second-order valence-electron chi connectivity index (χ2n) is 3.79. The summed E-state index contributed by atoms with van der Waals surface area (Å²) >= 11 is 6.34. The van der Waals surface area contributed by atoms with Gasteiger partial charge in [-0.25, -0.2) is 4.68 Å². The molecule has 1 aromatic carbocycles. The fourth-order valence-corrected chi connectivity index (χ4v) is 2.30. The lowest BCUT2D eigenvalue weighted by Gasteiger charge is -2.08. The minimum atomic E-state index is 0.662. The molecule has 0 atom stereocenters. The van der Waals surface area contributed by atoms with Crippen LogP contribution in [-0.4, -0.2) is 16.9 Å². The topological polar surface area (TPSA) is 27.1 Å². The Labute approximate surface area is 106 Å². The van der Waals surface area contributed by atoms with Crippen LogP contribution in [0.3, 0.4) is 0 Å². The van der Waals surface area contributed by atoms with Gasteiger partial charge in [-0.15, -0.1) is 0 Å². The van der Waals surface area contributed by atoms with Crippen molar-refractivity contribution in [2.45, 2.75) is 20.3 Å². The van der Waals surface area contributed by atoms with Crippen molar-refractivity contribution < 1.29 is 4.74 Å². The number of aromatic nitrogens is 2. The van der Waals surface area contributed by atoms with Crippen LogP contribution in [0, 0.1) is 6.92 Å². The van der Waals surface area contributed by atoms with E-state index < -0.39 is 0 Å². The van der Waals surface area contributed by atoms with Crippen molar-refractivity contribution >= 4 is 11.6 Å². The van der Waals surface area contributed by atoms with E-state index in [1.165, 1.54) is 0 Å². The van der Waals surface area contributed by atoms with Crippen molar-refractivity contribution in [2.75, 3.05) is 7.11 Å². The number of aryl methyl sites for hydroxylation is 1. The summed E-state index contributed by atoms with van der Waals surface area (Å²) in [6.07, 6.45) is 0.875. The molecule has 0 spiro atoms. The van der Waals surface area contributed by atoms with Crippen LogP contribution in [0.25, 0.3) is 5.69 Å². The van der Waals surface area contributed by atoms with Crippen molar-refractivity contribution in [2.24, 2.45) is 0 Å². The largest absolute Gasteiger partial charge is 0.494 e. The maximum Gasteiger partial charge on any atom is 0.144 e. The van der Waals surface area contributed by atoms with Crippen molar-refractivity contribution in [1.29, 1.82) is 0 Å². The van der Waals surface area contributed by atoms with Gasteiger partial charge < -0.3 is 4.74 Å². The molecule has 1 aromatic heterocycles. The van der Waals surface area contributed by atoms with Gasteiger partial charge in [0.1, 0.15) is 16.6 Å². The monoisotopic (exact) mass is 250 g/mol. The van der Waals surface area contributed by atoms with Gasteiger partial charge in [-0.1, -0.05) is 30.7 Å². The molecule has 0 unspecified atom stereocenters. The summed E-state index contributed by atoms with van der Waals surface area (Å²) in [6.45, 7) is 4.04. The molecule has 0 aliphatic carbocycles. The first-order valence-electron chi connectivity index (χ1n) is 5.56. The number of hydrogen-bond donors (Lipinski definition) is 0. The average Bonchev–Trinajstić information content (AvgIpc) is 2.64. The lowest BCUT2D eigenvalue weighted by Crippen LogP contribution is -2.00. The van der Waals surface area contributed by atoms with E-state index in [0.29, 0.717) is 5.15 Å². The van der Waals surface area contributed by atoms with E-state index in [4.69, 9.17) is 16.3 Å². The number of halogens is 1.